The zero-order valence-corrected chi connectivity index (χ0v) is 13.6. The second-order valence-corrected chi connectivity index (χ2v) is 6.13. The molecule has 4 heteroatoms. The van der Waals surface area contributed by atoms with Crippen molar-refractivity contribution >= 4 is 32.6 Å². The maximum atomic E-state index is 12.5. The monoisotopic (exact) mass is 355 g/mol. The first-order valence-corrected chi connectivity index (χ1v) is 7.75. The van der Waals surface area contributed by atoms with Crippen molar-refractivity contribution < 1.29 is 4.79 Å². The first kappa shape index (κ1) is 14.7. The van der Waals surface area contributed by atoms with Crippen molar-refractivity contribution in [1.29, 1.82) is 0 Å². The summed E-state index contributed by atoms with van der Waals surface area (Å²) in [7, 11) is 0. The van der Waals surface area contributed by atoms with Crippen LogP contribution < -0.4 is 5.56 Å². The van der Waals surface area contributed by atoms with Crippen LogP contribution in [0.3, 0.4) is 0 Å². The summed E-state index contributed by atoms with van der Waals surface area (Å²) in [4.78, 5) is 27.4. The molecule has 22 heavy (non-hydrogen) atoms. The first-order chi connectivity index (χ1) is 10.6. The van der Waals surface area contributed by atoms with Crippen LogP contribution >= 0.6 is 15.9 Å². The quantitative estimate of drug-likeness (QED) is 0.721. The third kappa shape index (κ3) is 2.74. The van der Waals surface area contributed by atoms with Gasteiger partial charge >= 0.3 is 0 Å². The van der Waals surface area contributed by atoms with Gasteiger partial charge in [-0.1, -0.05) is 46.3 Å². The number of ketones is 1. The van der Waals surface area contributed by atoms with Crippen LogP contribution in [-0.2, 0) is 6.42 Å². The van der Waals surface area contributed by atoms with E-state index in [1.807, 2.05) is 36.4 Å². The van der Waals surface area contributed by atoms with E-state index < -0.39 is 0 Å². The molecule has 0 aliphatic rings. The van der Waals surface area contributed by atoms with E-state index >= 15 is 0 Å². The summed E-state index contributed by atoms with van der Waals surface area (Å²) in [6, 6.07) is 14.9. The second-order valence-electron chi connectivity index (χ2n) is 5.21. The molecule has 0 atom stereocenters. The van der Waals surface area contributed by atoms with E-state index in [0.717, 1.165) is 20.9 Å². The zero-order valence-electron chi connectivity index (χ0n) is 12.0. The summed E-state index contributed by atoms with van der Waals surface area (Å²) in [5, 5.41) is 0.919. The SMILES string of the molecule is Cc1c(CC(=O)c2cccc(Br)c2)c2ccccc2[nH]c1=O. The Hall–Kier alpha value is -2.20. The van der Waals surface area contributed by atoms with Crippen molar-refractivity contribution in [1.82, 2.24) is 4.98 Å². The average Bonchev–Trinajstić information content (AvgIpc) is 2.51. The average molecular weight is 356 g/mol. The van der Waals surface area contributed by atoms with Gasteiger partial charge in [0.25, 0.3) is 5.56 Å². The fourth-order valence-corrected chi connectivity index (χ4v) is 2.96. The number of hydrogen-bond acceptors (Lipinski definition) is 2. The van der Waals surface area contributed by atoms with E-state index in [-0.39, 0.29) is 17.8 Å². The Balaban J connectivity index is 2.09. The number of para-hydroxylation sites is 1. The Morgan fingerprint density at radius 3 is 2.68 bits per heavy atom. The second kappa shape index (κ2) is 5.89. The summed E-state index contributed by atoms with van der Waals surface area (Å²) in [5.41, 5.74) is 2.65. The fourth-order valence-electron chi connectivity index (χ4n) is 2.56. The molecule has 0 amide bonds. The van der Waals surface area contributed by atoms with Gasteiger partial charge in [0.1, 0.15) is 0 Å². The van der Waals surface area contributed by atoms with Gasteiger partial charge in [0, 0.05) is 32.9 Å². The third-order valence-electron chi connectivity index (χ3n) is 3.78. The Morgan fingerprint density at radius 2 is 1.91 bits per heavy atom. The van der Waals surface area contributed by atoms with Gasteiger partial charge in [0.2, 0.25) is 0 Å². The predicted octanol–water partition coefficient (Wildman–Crippen LogP) is 4.02. The van der Waals surface area contributed by atoms with Gasteiger partial charge in [-0.05, 0) is 30.7 Å². The number of carbonyl (C=O) groups excluding carboxylic acids is 1. The Morgan fingerprint density at radius 1 is 1.14 bits per heavy atom. The van der Waals surface area contributed by atoms with Crippen LogP contribution in [0.4, 0.5) is 0 Å². The molecule has 0 unspecified atom stereocenters. The number of aromatic nitrogens is 1. The number of pyridine rings is 1. The number of fused-ring (bicyclic) bond motifs is 1. The van der Waals surface area contributed by atoms with Crippen molar-refractivity contribution in [2.24, 2.45) is 0 Å². The standard InChI is InChI=1S/C18H14BrNO2/c1-11-15(10-17(21)12-5-4-6-13(19)9-12)14-7-2-3-8-16(14)20-18(11)22/h2-9H,10H2,1H3,(H,20,22). The van der Waals surface area contributed by atoms with Crippen molar-refractivity contribution in [2.45, 2.75) is 13.3 Å². The minimum Gasteiger partial charge on any atom is -0.322 e. The van der Waals surface area contributed by atoms with E-state index in [1.54, 1.807) is 19.1 Å². The maximum Gasteiger partial charge on any atom is 0.251 e. The van der Waals surface area contributed by atoms with E-state index in [4.69, 9.17) is 0 Å². The number of nitrogens with one attached hydrogen (secondary N) is 1. The van der Waals surface area contributed by atoms with E-state index in [2.05, 4.69) is 20.9 Å². The van der Waals surface area contributed by atoms with Crippen LogP contribution in [0.25, 0.3) is 10.9 Å². The van der Waals surface area contributed by atoms with Crippen LogP contribution in [-0.4, -0.2) is 10.8 Å². The molecule has 110 valence electrons. The molecule has 3 nitrogen and oxygen atoms in total. The number of halogens is 1. The van der Waals surface area contributed by atoms with Gasteiger partial charge in [-0.15, -0.1) is 0 Å². The lowest BCUT2D eigenvalue weighted by Crippen LogP contribution is -2.15. The van der Waals surface area contributed by atoms with Crippen molar-refractivity contribution in [3.8, 4) is 0 Å². The van der Waals surface area contributed by atoms with Crippen molar-refractivity contribution in [3.05, 3.63) is 80.0 Å². The lowest BCUT2D eigenvalue weighted by Gasteiger charge is -2.09. The normalized spacial score (nSPS) is 10.8. The molecule has 0 spiro atoms. The number of Topliss-reactive ketones (excluding diaryl/α,β-unsaturated/α-hetero) is 1. The molecule has 0 saturated heterocycles. The number of H-pyrrole nitrogens is 1. The molecule has 0 aliphatic heterocycles. The van der Waals surface area contributed by atoms with Gasteiger partial charge in [0.15, 0.2) is 5.78 Å². The Labute approximate surface area is 136 Å². The van der Waals surface area contributed by atoms with E-state index in [9.17, 15) is 9.59 Å². The molecule has 0 bridgehead atoms. The van der Waals surface area contributed by atoms with Gasteiger partial charge in [-0.3, -0.25) is 9.59 Å². The smallest absolute Gasteiger partial charge is 0.251 e. The van der Waals surface area contributed by atoms with Crippen LogP contribution in [0.5, 0.6) is 0 Å². The van der Waals surface area contributed by atoms with Gasteiger partial charge in [-0.25, -0.2) is 0 Å². The van der Waals surface area contributed by atoms with Gasteiger partial charge in [0.05, 0.1) is 0 Å². The van der Waals surface area contributed by atoms with Crippen LogP contribution in [0.1, 0.15) is 21.5 Å². The molecular weight excluding hydrogens is 342 g/mol. The van der Waals surface area contributed by atoms with E-state index in [1.165, 1.54) is 0 Å². The lowest BCUT2D eigenvalue weighted by molar-refractivity contribution is 0.0993. The molecular formula is C18H14BrNO2. The fraction of sp³-hybridized carbons (Fsp3) is 0.111. The van der Waals surface area contributed by atoms with E-state index in [0.29, 0.717) is 11.1 Å². The number of aromatic amines is 1. The molecule has 3 rings (SSSR count). The van der Waals surface area contributed by atoms with Crippen LogP contribution in [0.15, 0.2) is 57.8 Å². The lowest BCUT2D eigenvalue weighted by atomic mass is 9.96. The highest BCUT2D eigenvalue weighted by molar-refractivity contribution is 9.10. The topological polar surface area (TPSA) is 49.9 Å². The van der Waals surface area contributed by atoms with Crippen molar-refractivity contribution in [3.63, 3.8) is 0 Å². The molecule has 3 aromatic rings. The predicted molar refractivity (Wildman–Crippen MR) is 91.5 cm³/mol. The summed E-state index contributed by atoms with van der Waals surface area (Å²) in [6.07, 6.45) is 0.215. The number of benzene rings is 2. The Bertz CT molecular complexity index is 928. The first-order valence-electron chi connectivity index (χ1n) is 6.95. The number of hydrogen-bond donors (Lipinski definition) is 1. The molecule has 0 saturated carbocycles. The maximum absolute atomic E-state index is 12.5. The molecule has 0 radical (unpaired) electrons. The molecule has 0 aliphatic carbocycles. The highest BCUT2D eigenvalue weighted by Crippen LogP contribution is 2.20. The third-order valence-corrected chi connectivity index (χ3v) is 4.27. The Kier molecular flexibility index (Phi) is 3.94. The molecule has 2 aromatic carbocycles. The largest absolute Gasteiger partial charge is 0.322 e. The summed E-state index contributed by atoms with van der Waals surface area (Å²) < 4.78 is 0.867. The minimum atomic E-state index is -0.143. The van der Waals surface area contributed by atoms with Crippen LogP contribution in [0, 0.1) is 6.92 Å². The van der Waals surface area contributed by atoms with Crippen molar-refractivity contribution in [2.75, 3.05) is 0 Å². The van der Waals surface area contributed by atoms with Gasteiger partial charge in [-0.2, -0.15) is 0 Å². The molecule has 1 N–H and O–H groups in total. The summed E-state index contributed by atoms with van der Waals surface area (Å²) >= 11 is 3.37. The molecule has 0 fully saturated rings. The summed E-state index contributed by atoms with van der Waals surface area (Å²) in [6.45, 7) is 1.76. The number of rotatable bonds is 3. The number of carbonyl (C=O) groups is 1. The van der Waals surface area contributed by atoms with Gasteiger partial charge < -0.3 is 4.98 Å². The van der Waals surface area contributed by atoms with Crippen LogP contribution in [0.2, 0.25) is 0 Å². The highest BCUT2D eigenvalue weighted by atomic mass is 79.9. The minimum absolute atomic E-state index is 0.000142. The summed E-state index contributed by atoms with van der Waals surface area (Å²) in [5.74, 6) is 0.000142. The molecule has 1 aromatic heterocycles. The molecule has 1 heterocycles. The highest BCUT2D eigenvalue weighted by Gasteiger charge is 2.14. The zero-order chi connectivity index (χ0) is 15.7.